The summed E-state index contributed by atoms with van der Waals surface area (Å²) in [6.45, 7) is 0.165. The first kappa shape index (κ1) is 29.0. The van der Waals surface area contributed by atoms with Gasteiger partial charge in [0.15, 0.2) is 10.6 Å². The quantitative estimate of drug-likeness (QED) is 0.170. The van der Waals surface area contributed by atoms with E-state index in [1.807, 2.05) is 66.7 Å². The van der Waals surface area contributed by atoms with E-state index in [0.717, 1.165) is 37.9 Å². The number of nitrogens with zero attached hydrogens (tertiary/aromatic N) is 1. The van der Waals surface area contributed by atoms with Crippen molar-refractivity contribution in [3.63, 3.8) is 0 Å². The number of sulfonamides is 1. The van der Waals surface area contributed by atoms with Gasteiger partial charge in [0.1, 0.15) is 0 Å². The van der Waals surface area contributed by atoms with E-state index in [9.17, 15) is 13.5 Å². The maximum absolute atomic E-state index is 12.6. The zero-order chi connectivity index (χ0) is 28.9. The van der Waals surface area contributed by atoms with E-state index < -0.39 is 16.3 Å². The Balaban J connectivity index is 1.16. The third-order valence-corrected chi connectivity index (χ3v) is 10.8. The van der Waals surface area contributed by atoms with E-state index in [1.165, 1.54) is 4.70 Å². The Morgan fingerprint density at radius 3 is 2.29 bits per heavy atom. The van der Waals surface area contributed by atoms with Crippen LogP contribution in [0.15, 0.2) is 112 Å². The summed E-state index contributed by atoms with van der Waals surface area (Å²) in [5, 5.41) is 9.47. The van der Waals surface area contributed by atoms with Crippen molar-refractivity contribution in [1.82, 2.24) is 9.71 Å². The largest absolute Gasteiger partial charge is 0.392 e. The standard InChI is InChI=1S/C32H30N2O5S3/c35-20-23-12-14-24(15-13-23)29-18-26(21-40-32-34-28-8-4-5-9-30(28)41-32)38-31(39-29)25-16-10-22(11-17-25)19-33-42(36,37)27-6-2-1-3-7-27/h1-17,26,29,31,33,35H,18-21H2/t26-,29+,31+/m0/s1. The van der Waals surface area contributed by atoms with Crippen molar-refractivity contribution in [3.05, 3.63) is 125 Å². The van der Waals surface area contributed by atoms with Crippen LogP contribution in [0.3, 0.4) is 0 Å². The highest BCUT2D eigenvalue weighted by Gasteiger charge is 2.32. The number of benzene rings is 4. The Hall–Kier alpha value is -3.09. The Morgan fingerprint density at radius 2 is 1.55 bits per heavy atom. The summed E-state index contributed by atoms with van der Waals surface area (Å²) in [4.78, 5) is 4.99. The second-order valence-electron chi connectivity index (χ2n) is 9.99. The van der Waals surface area contributed by atoms with Crippen LogP contribution in [0.5, 0.6) is 0 Å². The fraction of sp³-hybridized carbons (Fsp3) is 0.219. The fourth-order valence-electron chi connectivity index (χ4n) is 4.75. The highest BCUT2D eigenvalue weighted by atomic mass is 32.2. The third kappa shape index (κ3) is 6.92. The number of nitrogens with one attached hydrogen (secondary N) is 1. The number of ether oxygens (including phenoxy) is 2. The zero-order valence-corrected chi connectivity index (χ0v) is 25.1. The average Bonchev–Trinajstić information content (AvgIpc) is 3.47. The summed E-state index contributed by atoms with van der Waals surface area (Å²) >= 11 is 3.37. The lowest BCUT2D eigenvalue weighted by atomic mass is 10.0. The molecule has 42 heavy (non-hydrogen) atoms. The number of hydrogen-bond acceptors (Lipinski definition) is 8. The minimum Gasteiger partial charge on any atom is -0.392 e. The molecule has 1 aliphatic rings. The van der Waals surface area contributed by atoms with E-state index in [-0.39, 0.29) is 30.3 Å². The van der Waals surface area contributed by atoms with Crippen molar-refractivity contribution in [2.24, 2.45) is 0 Å². The van der Waals surface area contributed by atoms with Gasteiger partial charge in [-0.25, -0.2) is 18.1 Å². The van der Waals surface area contributed by atoms with Gasteiger partial charge in [0.2, 0.25) is 10.0 Å². The van der Waals surface area contributed by atoms with E-state index in [0.29, 0.717) is 6.42 Å². The van der Waals surface area contributed by atoms with Crippen LogP contribution in [0.25, 0.3) is 10.2 Å². The zero-order valence-electron chi connectivity index (χ0n) is 22.6. The number of fused-ring (bicyclic) bond motifs is 1. The normalized spacial score (nSPS) is 19.2. The van der Waals surface area contributed by atoms with Crippen molar-refractivity contribution in [2.45, 2.75) is 47.3 Å². The molecule has 0 spiro atoms. The number of thioether (sulfide) groups is 1. The van der Waals surface area contributed by atoms with Crippen LogP contribution >= 0.6 is 23.1 Å². The topological polar surface area (TPSA) is 97.8 Å². The molecule has 0 amide bonds. The summed E-state index contributed by atoms with van der Waals surface area (Å²) in [5.41, 5.74) is 4.57. The number of aromatic nitrogens is 1. The smallest absolute Gasteiger partial charge is 0.240 e. The first-order chi connectivity index (χ1) is 20.5. The van der Waals surface area contributed by atoms with Crippen LogP contribution < -0.4 is 4.72 Å². The predicted octanol–water partition coefficient (Wildman–Crippen LogP) is 6.60. The Kier molecular flexibility index (Phi) is 9.01. The molecule has 0 unspecified atom stereocenters. The Bertz CT molecular complexity index is 1690. The van der Waals surface area contributed by atoms with Crippen molar-refractivity contribution >= 4 is 43.3 Å². The molecule has 0 radical (unpaired) electrons. The molecule has 1 fully saturated rings. The summed E-state index contributed by atoms with van der Waals surface area (Å²) in [7, 11) is -3.60. The van der Waals surface area contributed by atoms with Gasteiger partial charge < -0.3 is 14.6 Å². The summed E-state index contributed by atoms with van der Waals surface area (Å²) in [6, 6.07) is 31.9. The molecule has 2 heterocycles. The minimum atomic E-state index is -3.60. The lowest BCUT2D eigenvalue weighted by Crippen LogP contribution is -2.31. The molecule has 0 aliphatic carbocycles. The van der Waals surface area contributed by atoms with Crippen molar-refractivity contribution < 1.29 is 23.0 Å². The highest BCUT2D eigenvalue weighted by Crippen LogP contribution is 2.40. The molecule has 216 valence electrons. The van der Waals surface area contributed by atoms with Gasteiger partial charge in [-0.05, 0) is 41.0 Å². The van der Waals surface area contributed by atoms with Gasteiger partial charge in [0.25, 0.3) is 0 Å². The summed E-state index contributed by atoms with van der Waals surface area (Å²) in [6.07, 6.45) is -0.167. The monoisotopic (exact) mass is 618 g/mol. The maximum atomic E-state index is 12.6. The number of hydrogen-bond donors (Lipinski definition) is 2. The third-order valence-electron chi connectivity index (χ3n) is 7.05. The van der Waals surface area contributed by atoms with Gasteiger partial charge in [0, 0.05) is 24.3 Å². The molecular weight excluding hydrogens is 589 g/mol. The maximum Gasteiger partial charge on any atom is 0.240 e. The van der Waals surface area contributed by atoms with Gasteiger partial charge >= 0.3 is 0 Å². The fourth-order valence-corrected chi connectivity index (χ4v) is 7.90. The predicted molar refractivity (Wildman–Crippen MR) is 166 cm³/mol. The molecule has 5 aromatic rings. The van der Waals surface area contributed by atoms with Gasteiger partial charge in [-0.1, -0.05) is 90.6 Å². The van der Waals surface area contributed by atoms with E-state index in [1.54, 1.807) is 53.4 Å². The van der Waals surface area contributed by atoms with Gasteiger partial charge in [-0.15, -0.1) is 11.3 Å². The first-order valence-electron chi connectivity index (χ1n) is 13.6. The minimum absolute atomic E-state index is 0.00712. The van der Waals surface area contributed by atoms with E-state index >= 15 is 0 Å². The molecule has 3 atom stereocenters. The van der Waals surface area contributed by atoms with Gasteiger partial charge in [-0.2, -0.15) is 0 Å². The highest BCUT2D eigenvalue weighted by molar-refractivity contribution is 8.01. The van der Waals surface area contributed by atoms with Crippen molar-refractivity contribution in [2.75, 3.05) is 5.75 Å². The van der Waals surface area contributed by atoms with Crippen LogP contribution in [-0.4, -0.2) is 30.4 Å². The number of thiazole rings is 1. The number of rotatable bonds is 10. The molecule has 1 saturated heterocycles. The second kappa shape index (κ2) is 13.0. The lowest BCUT2D eigenvalue weighted by Gasteiger charge is -2.36. The number of aliphatic hydroxyl groups excluding tert-OH is 1. The molecule has 4 aromatic carbocycles. The number of para-hydroxylation sites is 1. The Morgan fingerprint density at radius 1 is 0.857 bits per heavy atom. The second-order valence-corrected chi connectivity index (χ2v) is 14.1. The van der Waals surface area contributed by atoms with Crippen LogP contribution in [0.1, 0.15) is 41.1 Å². The van der Waals surface area contributed by atoms with E-state index in [2.05, 4.69) is 10.8 Å². The van der Waals surface area contributed by atoms with E-state index in [4.69, 9.17) is 14.5 Å². The van der Waals surface area contributed by atoms with Crippen LogP contribution in [0, 0.1) is 0 Å². The molecule has 6 rings (SSSR count). The Labute approximate surface area is 253 Å². The van der Waals surface area contributed by atoms with Gasteiger partial charge in [-0.3, -0.25) is 0 Å². The van der Waals surface area contributed by atoms with Gasteiger partial charge in [0.05, 0.1) is 33.9 Å². The molecule has 1 aliphatic heterocycles. The SMILES string of the molecule is O=S(=O)(NCc1ccc([C@@H]2O[C@H](CSc3nc4ccccc4s3)C[C@H](c3ccc(CO)cc3)O2)cc1)c1ccccc1. The first-order valence-corrected chi connectivity index (χ1v) is 16.9. The molecule has 1 aromatic heterocycles. The molecule has 7 nitrogen and oxygen atoms in total. The molecule has 0 saturated carbocycles. The van der Waals surface area contributed by atoms with Crippen LogP contribution in [-0.2, 0) is 32.6 Å². The van der Waals surface area contributed by atoms with Crippen LogP contribution in [0.4, 0.5) is 0 Å². The number of aliphatic hydroxyl groups is 1. The van der Waals surface area contributed by atoms with Crippen molar-refractivity contribution in [3.8, 4) is 0 Å². The average molecular weight is 619 g/mol. The molecule has 2 N–H and O–H groups in total. The summed E-state index contributed by atoms with van der Waals surface area (Å²) < 4.78 is 43.0. The van der Waals surface area contributed by atoms with Crippen LogP contribution in [0.2, 0.25) is 0 Å². The molecule has 0 bridgehead atoms. The lowest BCUT2D eigenvalue weighted by molar-refractivity contribution is -0.245. The van der Waals surface area contributed by atoms with Crippen molar-refractivity contribution in [1.29, 1.82) is 0 Å². The molecule has 10 heteroatoms. The molecular formula is C32H30N2O5S3. The summed E-state index contributed by atoms with van der Waals surface area (Å²) in [5.74, 6) is 0.726.